The van der Waals surface area contributed by atoms with Gasteiger partial charge in [0.1, 0.15) is 0 Å². The first kappa shape index (κ1) is 11.0. The molecular weight excluding hydrogens is 250 g/mol. The van der Waals surface area contributed by atoms with E-state index in [0.717, 1.165) is 11.2 Å². The summed E-state index contributed by atoms with van der Waals surface area (Å²) in [5, 5.41) is 0.945. The number of rotatable bonds is 4. The van der Waals surface area contributed by atoms with Crippen LogP contribution in [0.3, 0.4) is 0 Å². The molecule has 0 heterocycles. The predicted molar refractivity (Wildman–Crippen MR) is 69.8 cm³/mol. The van der Waals surface area contributed by atoms with Gasteiger partial charge in [-0.2, -0.15) is 0 Å². The summed E-state index contributed by atoms with van der Waals surface area (Å²) in [7, 11) is 2.20. The Morgan fingerprint density at radius 3 is 2.67 bits per heavy atom. The molecule has 2 rings (SSSR count). The lowest BCUT2D eigenvalue weighted by Gasteiger charge is -2.21. The van der Waals surface area contributed by atoms with Gasteiger partial charge in [0.05, 0.1) is 0 Å². The number of aryl methyl sites for hydroxylation is 1. The SMILES string of the molecule is Cc1cc(CBr)ccc1N(C)CC1CC1. The van der Waals surface area contributed by atoms with Gasteiger partial charge in [0.25, 0.3) is 0 Å². The van der Waals surface area contributed by atoms with Gasteiger partial charge in [0, 0.05) is 24.6 Å². The molecule has 1 aliphatic carbocycles. The second-order valence-electron chi connectivity index (χ2n) is 4.58. The second-order valence-corrected chi connectivity index (χ2v) is 5.14. The maximum Gasteiger partial charge on any atom is 0.0393 e. The van der Waals surface area contributed by atoms with Gasteiger partial charge in [-0.15, -0.1) is 0 Å². The third kappa shape index (κ3) is 2.75. The number of hydrogen-bond donors (Lipinski definition) is 0. The van der Waals surface area contributed by atoms with Crippen LogP contribution < -0.4 is 4.90 Å². The highest BCUT2D eigenvalue weighted by molar-refractivity contribution is 9.08. The van der Waals surface area contributed by atoms with Gasteiger partial charge in [-0.25, -0.2) is 0 Å². The smallest absolute Gasteiger partial charge is 0.0393 e. The molecular formula is C13H18BrN. The van der Waals surface area contributed by atoms with Crippen molar-refractivity contribution in [2.45, 2.75) is 25.1 Å². The summed E-state index contributed by atoms with van der Waals surface area (Å²) in [4.78, 5) is 2.39. The van der Waals surface area contributed by atoms with Crippen molar-refractivity contribution in [3.63, 3.8) is 0 Å². The number of hydrogen-bond acceptors (Lipinski definition) is 1. The van der Waals surface area contributed by atoms with Crippen molar-refractivity contribution in [2.75, 3.05) is 18.5 Å². The topological polar surface area (TPSA) is 3.24 Å². The largest absolute Gasteiger partial charge is 0.374 e. The first-order valence-corrected chi connectivity index (χ1v) is 6.69. The number of nitrogens with zero attached hydrogens (tertiary/aromatic N) is 1. The predicted octanol–water partition coefficient (Wildman–Crippen LogP) is 3.74. The highest BCUT2D eigenvalue weighted by atomic mass is 79.9. The molecule has 1 fully saturated rings. The highest BCUT2D eigenvalue weighted by Gasteiger charge is 2.23. The Kier molecular flexibility index (Phi) is 3.35. The van der Waals surface area contributed by atoms with Gasteiger partial charge in [-0.1, -0.05) is 28.1 Å². The second kappa shape index (κ2) is 4.56. The Balaban J connectivity index is 2.11. The van der Waals surface area contributed by atoms with Crippen LogP contribution in [0.5, 0.6) is 0 Å². The monoisotopic (exact) mass is 267 g/mol. The molecule has 0 atom stereocenters. The maximum atomic E-state index is 3.49. The molecule has 0 bridgehead atoms. The van der Waals surface area contributed by atoms with Crippen molar-refractivity contribution in [2.24, 2.45) is 5.92 Å². The fourth-order valence-electron chi connectivity index (χ4n) is 2.02. The van der Waals surface area contributed by atoms with E-state index in [2.05, 4.69) is 53.0 Å². The molecule has 15 heavy (non-hydrogen) atoms. The summed E-state index contributed by atoms with van der Waals surface area (Å²) >= 11 is 3.49. The van der Waals surface area contributed by atoms with Gasteiger partial charge in [-0.05, 0) is 42.9 Å². The summed E-state index contributed by atoms with van der Waals surface area (Å²) in [6.45, 7) is 3.42. The van der Waals surface area contributed by atoms with E-state index < -0.39 is 0 Å². The van der Waals surface area contributed by atoms with E-state index in [1.54, 1.807) is 0 Å². The number of halogens is 1. The van der Waals surface area contributed by atoms with E-state index in [1.807, 2.05) is 0 Å². The highest BCUT2D eigenvalue weighted by Crippen LogP contribution is 2.31. The minimum absolute atomic E-state index is 0.945. The lowest BCUT2D eigenvalue weighted by Crippen LogP contribution is -2.20. The van der Waals surface area contributed by atoms with Crippen molar-refractivity contribution < 1.29 is 0 Å². The van der Waals surface area contributed by atoms with E-state index >= 15 is 0 Å². The molecule has 0 aromatic heterocycles. The van der Waals surface area contributed by atoms with E-state index in [-0.39, 0.29) is 0 Å². The molecule has 82 valence electrons. The van der Waals surface area contributed by atoms with Crippen molar-refractivity contribution in [3.05, 3.63) is 29.3 Å². The Bertz CT molecular complexity index is 344. The van der Waals surface area contributed by atoms with E-state index in [4.69, 9.17) is 0 Å². The van der Waals surface area contributed by atoms with Crippen LogP contribution in [0.1, 0.15) is 24.0 Å². The Labute approximate surface area is 101 Å². The molecule has 1 aromatic carbocycles. The standard InChI is InChI=1S/C13H18BrN/c1-10-7-12(8-14)5-6-13(10)15(2)9-11-3-4-11/h5-7,11H,3-4,8-9H2,1-2H3. The fourth-order valence-corrected chi connectivity index (χ4v) is 2.36. The number of alkyl halides is 1. The molecule has 1 saturated carbocycles. The average Bonchev–Trinajstić information content (AvgIpc) is 3.01. The Morgan fingerprint density at radius 1 is 1.40 bits per heavy atom. The summed E-state index contributed by atoms with van der Waals surface area (Å²) in [6.07, 6.45) is 2.84. The number of anilines is 1. The van der Waals surface area contributed by atoms with Crippen molar-refractivity contribution in [1.29, 1.82) is 0 Å². The van der Waals surface area contributed by atoms with Crippen molar-refractivity contribution >= 4 is 21.6 Å². The first-order chi connectivity index (χ1) is 7.20. The molecule has 0 N–H and O–H groups in total. The molecule has 0 saturated heterocycles. The summed E-state index contributed by atoms with van der Waals surface area (Å²) in [5.41, 5.74) is 4.12. The van der Waals surface area contributed by atoms with Crippen LogP contribution in [0.15, 0.2) is 18.2 Å². The van der Waals surface area contributed by atoms with Gasteiger partial charge >= 0.3 is 0 Å². The number of benzene rings is 1. The summed E-state index contributed by atoms with van der Waals surface area (Å²) in [5.74, 6) is 0.949. The fraction of sp³-hybridized carbons (Fsp3) is 0.538. The van der Waals surface area contributed by atoms with Gasteiger partial charge in [0.2, 0.25) is 0 Å². The lowest BCUT2D eigenvalue weighted by atomic mass is 10.1. The zero-order chi connectivity index (χ0) is 10.8. The Hall–Kier alpha value is -0.500. The third-order valence-corrected chi connectivity index (χ3v) is 3.70. The molecule has 1 aliphatic rings. The van der Waals surface area contributed by atoms with Crippen LogP contribution >= 0.6 is 15.9 Å². The van der Waals surface area contributed by atoms with E-state index in [0.29, 0.717) is 0 Å². The van der Waals surface area contributed by atoms with Crippen LogP contribution in [0.4, 0.5) is 5.69 Å². The van der Waals surface area contributed by atoms with Crippen molar-refractivity contribution in [3.8, 4) is 0 Å². The molecule has 0 aliphatic heterocycles. The summed E-state index contributed by atoms with van der Waals surface area (Å²) < 4.78 is 0. The molecule has 1 nitrogen and oxygen atoms in total. The van der Waals surface area contributed by atoms with Crippen LogP contribution in [0.2, 0.25) is 0 Å². The van der Waals surface area contributed by atoms with Crippen LogP contribution in [0.25, 0.3) is 0 Å². The molecule has 2 heteroatoms. The normalized spacial score (nSPS) is 15.4. The van der Waals surface area contributed by atoms with E-state index in [1.165, 1.54) is 36.2 Å². The summed E-state index contributed by atoms with van der Waals surface area (Å²) in [6, 6.07) is 6.72. The van der Waals surface area contributed by atoms with E-state index in [9.17, 15) is 0 Å². The first-order valence-electron chi connectivity index (χ1n) is 5.57. The molecule has 0 unspecified atom stereocenters. The average molecular weight is 268 g/mol. The zero-order valence-corrected chi connectivity index (χ0v) is 11.0. The minimum Gasteiger partial charge on any atom is -0.374 e. The lowest BCUT2D eigenvalue weighted by molar-refractivity contribution is 0.785. The maximum absolute atomic E-state index is 3.49. The van der Waals surface area contributed by atoms with Crippen LogP contribution in [-0.2, 0) is 5.33 Å². The minimum atomic E-state index is 0.945. The molecule has 0 spiro atoms. The van der Waals surface area contributed by atoms with Gasteiger partial charge in [-0.3, -0.25) is 0 Å². The zero-order valence-electron chi connectivity index (χ0n) is 9.46. The quantitative estimate of drug-likeness (QED) is 0.752. The van der Waals surface area contributed by atoms with Gasteiger partial charge < -0.3 is 4.90 Å². The van der Waals surface area contributed by atoms with Gasteiger partial charge in [0.15, 0.2) is 0 Å². The Morgan fingerprint density at radius 2 is 2.13 bits per heavy atom. The molecule has 0 radical (unpaired) electrons. The third-order valence-electron chi connectivity index (χ3n) is 3.06. The van der Waals surface area contributed by atoms with Crippen LogP contribution in [0, 0.1) is 12.8 Å². The van der Waals surface area contributed by atoms with Crippen LogP contribution in [-0.4, -0.2) is 13.6 Å². The molecule has 1 aromatic rings. The molecule has 0 amide bonds. The van der Waals surface area contributed by atoms with Crippen molar-refractivity contribution in [1.82, 2.24) is 0 Å².